The van der Waals surface area contributed by atoms with Gasteiger partial charge in [0.1, 0.15) is 0 Å². The predicted molar refractivity (Wildman–Crippen MR) is 129 cm³/mol. The maximum absolute atomic E-state index is 13.0. The molecule has 2 aromatic carbocycles. The normalized spacial score (nSPS) is 10.9. The number of carbonyl (C=O) groups excluding carboxylic acids is 2. The third kappa shape index (κ3) is 4.62. The van der Waals surface area contributed by atoms with E-state index in [1.807, 2.05) is 27.7 Å². The molecule has 34 heavy (non-hydrogen) atoms. The molecule has 8 nitrogen and oxygen atoms in total. The van der Waals surface area contributed by atoms with Gasteiger partial charge < -0.3 is 23.5 Å². The second-order valence-corrected chi connectivity index (χ2v) is 7.80. The van der Waals surface area contributed by atoms with Crippen LogP contribution in [0.5, 0.6) is 11.5 Å². The Morgan fingerprint density at radius 2 is 1.53 bits per heavy atom. The van der Waals surface area contributed by atoms with Crippen molar-refractivity contribution in [1.29, 1.82) is 0 Å². The van der Waals surface area contributed by atoms with E-state index in [1.54, 1.807) is 35.0 Å². The number of rotatable bonds is 8. The van der Waals surface area contributed by atoms with Crippen LogP contribution in [0.4, 0.5) is 0 Å². The first-order valence-electron chi connectivity index (χ1n) is 11.1. The number of nitrogens with zero attached hydrogens (tertiary/aromatic N) is 1. The van der Waals surface area contributed by atoms with Gasteiger partial charge in [0.25, 0.3) is 5.56 Å². The molecular weight excluding hydrogens is 438 g/mol. The molecule has 0 atom stereocenters. The lowest BCUT2D eigenvalue weighted by molar-refractivity contribution is 0.0556. The Hall–Kier alpha value is -3.81. The molecule has 0 amide bonds. The van der Waals surface area contributed by atoms with Gasteiger partial charge in [0, 0.05) is 23.9 Å². The number of aromatic nitrogens is 1. The third-order valence-corrected chi connectivity index (χ3v) is 5.39. The molecule has 0 saturated carbocycles. The summed E-state index contributed by atoms with van der Waals surface area (Å²) in [5.74, 6) is -0.446. The fourth-order valence-corrected chi connectivity index (χ4v) is 3.90. The number of pyridine rings is 1. The van der Waals surface area contributed by atoms with Crippen molar-refractivity contribution in [3.8, 4) is 22.6 Å². The van der Waals surface area contributed by atoms with E-state index in [2.05, 4.69) is 0 Å². The van der Waals surface area contributed by atoms with Crippen LogP contribution in [0.1, 0.15) is 54.5 Å². The Labute approximate surface area is 198 Å². The van der Waals surface area contributed by atoms with Crippen LogP contribution in [0.25, 0.3) is 21.9 Å². The Morgan fingerprint density at radius 3 is 2.06 bits per heavy atom. The van der Waals surface area contributed by atoms with E-state index in [4.69, 9.17) is 18.9 Å². The summed E-state index contributed by atoms with van der Waals surface area (Å²) in [6.07, 6.45) is 1.66. The van der Waals surface area contributed by atoms with E-state index in [9.17, 15) is 14.4 Å². The molecule has 8 heteroatoms. The van der Waals surface area contributed by atoms with E-state index in [0.29, 0.717) is 46.6 Å². The minimum absolute atomic E-state index is 0.00940. The molecule has 0 aliphatic carbocycles. The van der Waals surface area contributed by atoms with Gasteiger partial charge in [-0.25, -0.2) is 9.59 Å². The van der Waals surface area contributed by atoms with Crippen molar-refractivity contribution in [2.24, 2.45) is 0 Å². The fraction of sp³-hybridized carbons (Fsp3) is 0.346. The summed E-state index contributed by atoms with van der Waals surface area (Å²) in [5.41, 5.74) is 0.633. The van der Waals surface area contributed by atoms with Crippen molar-refractivity contribution >= 4 is 22.7 Å². The number of esters is 2. The highest BCUT2D eigenvalue weighted by atomic mass is 16.5. The Morgan fingerprint density at radius 1 is 0.912 bits per heavy atom. The summed E-state index contributed by atoms with van der Waals surface area (Å²) >= 11 is 0. The molecule has 180 valence electrons. The number of hydrogen-bond acceptors (Lipinski definition) is 7. The standard InChI is InChI=1S/C26H29NO7/c1-7-33-20-12-17-11-19(25(29)31-5)24(26(30)32-6)23(18(17)14-21(20)34-8-2)16-9-10-27(15(3)4)22(28)13-16/h9-15H,7-8H2,1-6H3. The molecule has 0 N–H and O–H groups in total. The van der Waals surface area contributed by atoms with Crippen LogP contribution in [0.3, 0.4) is 0 Å². The number of hydrogen-bond donors (Lipinski definition) is 0. The van der Waals surface area contributed by atoms with Gasteiger partial charge in [-0.2, -0.15) is 0 Å². The fourth-order valence-electron chi connectivity index (χ4n) is 3.90. The molecule has 0 saturated heterocycles. The van der Waals surface area contributed by atoms with Gasteiger partial charge in [0.15, 0.2) is 11.5 Å². The Bertz CT molecular complexity index is 1290. The van der Waals surface area contributed by atoms with E-state index < -0.39 is 11.9 Å². The zero-order valence-electron chi connectivity index (χ0n) is 20.3. The summed E-state index contributed by atoms with van der Waals surface area (Å²) in [6, 6.07) is 8.19. The highest BCUT2D eigenvalue weighted by Crippen LogP contribution is 2.41. The van der Waals surface area contributed by atoms with Crippen molar-refractivity contribution in [2.75, 3.05) is 27.4 Å². The smallest absolute Gasteiger partial charge is 0.339 e. The maximum atomic E-state index is 13.0. The van der Waals surface area contributed by atoms with Crippen molar-refractivity contribution < 1.29 is 28.5 Å². The van der Waals surface area contributed by atoms with Crippen LogP contribution in [0.15, 0.2) is 41.3 Å². The molecule has 0 radical (unpaired) electrons. The molecule has 0 aliphatic heterocycles. The molecule has 0 fully saturated rings. The topological polar surface area (TPSA) is 93.1 Å². The highest BCUT2D eigenvalue weighted by Gasteiger charge is 2.27. The van der Waals surface area contributed by atoms with Crippen molar-refractivity contribution in [3.05, 3.63) is 58.0 Å². The van der Waals surface area contributed by atoms with Gasteiger partial charge in [0.05, 0.1) is 38.6 Å². The SMILES string of the molecule is CCOc1cc2cc(C(=O)OC)c(C(=O)OC)c(-c3ccn(C(C)C)c(=O)c3)c2cc1OCC. The van der Waals surface area contributed by atoms with Crippen LogP contribution in [0, 0.1) is 0 Å². The first-order chi connectivity index (χ1) is 16.3. The molecular formula is C26H29NO7. The quantitative estimate of drug-likeness (QED) is 0.446. The van der Waals surface area contributed by atoms with Gasteiger partial charge in [-0.3, -0.25) is 4.79 Å². The van der Waals surface area contributed by atoms with E-state index >= 15 is 0 Å². The maximum Gasteiger partial charge on any atom is 0.339 e. The predicted octanol–water partition coefficient (Wildman–Crippen LogP) is 4.62. The van der Waals surface area contributed by atoms with Crippen molar-refractivity contribution in [1.82, 2.24) is 4.57 Å². The largest absolute Gasteiger partial charge is 0.490 e. The van der Waals surface area contributed by atoms with Gasteiger partial charge in [-0.1, -0.05) is 0 Å². The number of methoxy groups -OCH3 is 2. The summed E-state index contributed by atoms with van der Waals surface area (Å²) in [7, 11) is 2.47. The van der Waals surface area contributed by atoms with Crippen LogP contribution < -0.4 is 15.0 Å². The third-order valence-electron chi connectivity index (χ3n) is 5.39. The second-order valence-electron chi connectivity index (χ2n) is 7.80. The summed E-state index contributed by atoms with van der Waals surface area (Å²) in [5, 5.41) is 1.21. The van der Waals surface area contributed by atoms with Crippen LogP contribution in [0.2, 0.25) is 0 Å². The van der Waals surface area contributed by atoms with Gasteiger partial charge in [-0.05, 0) is 68.3 Å². The monoisotopic (exact) mass is 467 g/mol. The van der Waals surface area contributed by atoms with E-state index in [0.717, 1.165) is 0 Å². The Balaban J connectivity index is 2.52. The summed E-state index contributed by atoms with van der Waals surface area (Å²) in [6.45, 7) is 8.32. The van der Waals surface area contributed by atoms with Crippen LogP contribution in [-0.4, -0.2) is 43.9 Å². The van der Waals surface area contributed by atoms with Gasteiger partial charge in [0.2, 0.25) is 0 Å². The molecule has 0 spiro atoms. The molecule has 0 bridgehead atoms. The lowest BCUT2D eigenvalue weighted by Crippen LogP contribution is -2.21. The lowest BCUT2D eigenvalue weighted by Gasteiger charge is -2.19. The zero-order valence-corrected chi connectivity index (χ0v) is 20.3. The first-order valence-corrected chi connectivity index (χ1v) is 11.1. The molecule has 0 aliphatic rings. The number of carbonyl (C=O) groups is 2. The molecule has 1 aromatic heterocycles. The Kier molecular flexibility index (Phi) is 7.61. The minimum Gasteiger partial charge on any atom is -0.490 e. The highest BCUT2D eigenvalue weighted by molar-refractivity contribution is 6.15. The number of benzene rings is 2. The molecule has 1 heterocycles. The van der Waals surface area contributed by atoms with Crippen LogP contribution >= 0.6 is 0 Å². The van der Waals surface area contributed by atoms with Gasteiger partial charge in [-0.15, -0.1) is 0 Å². The van der Waals surface area contributed by atoms with Crippen molar-refractivity contribution in [3.63, 3.8) is 0 Å². The van der Waals surface area contributed by atoms with E-state index in [1.165, 1.54) is 20.3 Å². The van der Waals surface area contributed by atoms with E-state index in [-0.39, 0.29) is 22.7 Å². The second kappa shape index (κ2) is 10.4. The minimum atomic E-state index is -0.725. The number of ether oxygens (including phenoxy) is 4. The zero-order chi connectivity index (χ0) is 25.0. The average molecular weight is 468 g/mol. The summed E-state index contributed by atoms with van der Waals surface area (Å²) < 4.78 is 23.1. The summed E-state index contributed by atoms with van der Waals surface area (Å²) in [4.78, 5) is 38.5. The first kappa shape index (κ1) is 24.8. The van der Waals surface area contributed by atoms with Crippen LogP contribution in [-0.2, 0) is 9.47 Å². The van der Waals surface area contributed by atoms with Gasteiger partial charge >= 0.3 is 11.9 Å². The molecule has 0 unspecified atom stereocenters. The number of fused-ring (bicyclic) bond motifs is 1. The lowest BCUT2D eigenvalue weighted by atomic mass is 9.89. The molecule has 3 rings (SSSR count). The average Bonchev–Trinajstić information content (AvgIpc) is 2.82. The molecule has 3 aromatic rings. The van der Waals surface area contributed by atoms with Crippen molar-refractivity contribution in [2.45, 2.75) is 33.7 Å².